The molecule has 2 aromatic heterocycles. The largest absolute Gasteiger partial charge is 0.497 e. The molecule has 0 bridgehead atoms. The van der Waals surface area contributed by atoms with Crippen LogP contribution in [0.15, 0.2) is 30.5 Å². The number of ether oxygens (including phenoxy) is 2. The zero-order chi connectivity index (χ0) is 17.3. The average molecular weight is 346 g/mol. The van der Waals surface area contributed by atoms with E-state index in [2.05, 4.69) is 10.1 Å². The lowest BCUT2D eigenvalue weighted by atomic mass is 10.2. The Kier molecular flexibility index (Phi) is 4.40. The molecule has 0 N–H and O–H groups in total. The van der Waals surface area contributed by atoms with Crippen molar-refractivity contribution in [2.75, 3.05) is 13.7 Å². The molecule has 24 heavy (non-hydrogen) atoms. The minimum absolute atomic E-state index is 0.235. The highest BCUT2D eigenvalue weighted by Gasteiger charge is 2.20. The maximum Gasteiger partial charge on any atom is 0.341 e. The third-order valence-corrected chi connectivity index (χ3v) is 3.99. The van der Waals surface area contributed by atoms with Crippen LogP contribution in [0.1, 0.15) is 23.0 Å². The molecule has 0 aliphatic rings. The van der Waals surface area contributed by atoms with Crippen LogP contribution in [0, 0.1) is 6.92 Å². The third-order valence-electron chi connectivity index (χ3n) is 3.60. The Bertz CT molecular complexity index is 921. The van der Waals surface area contributed by atoms with Crippen molar-refractivity contribution >= 4 is 28.6 Å². The van der Waals surface area contributed by atoms with Gasteiger partial charge in [0, 0.05) is 12.3 Å². The zero-order valence-corrected chi connectivity index (χ0v) is 14.3. The molecule has 0 aliphatic heterocycles. The normalized spacial score (nSPS) is 10.8. The molecule has 7 heteroatoms. The number of halogens is 1. The summed E-state index contributed by atoms with van der Waals surface area (Å²) in [4.78, 5) is 16.4. The van der Waals surface area contributed by atoms with Crippen molar-refractivity contribution in [1.82, 2.24) is 14.8 Å². The number of hydrogen-bond donors (Lipinski definition) is 0. The molecule has 0 atom stereocenters. The second kappa shape index (κ2) is 6.49. The van der Waals surface area contributed by atoms with E-state index in [4.69, 9.17) is 21.1 Å². The molecule has 0 fully saturated rings. The number of benzene rings is 1. The molecule has 0 radical (unpaired) electrons. The highest BCUT2D eigenvalue weighted by atomic mass is 35.5. The minimum Gasteiger partial charge on any atom is -0.497 e. The number of aryl methyl sites for hydroxylation is 1. The van der Waals surface area contributed by atoms with E-state index in [0.29, 0.717) is 27.5 Å². The van der Waals surface area contributed by atoms with Crippen LogP contribution in [0.5, 0.6) is 5.75 Å². The molecule has 0 aliphatic carbocycles. The average Bonchev–Trinajstić information content (AvgIpc) is 2.93. The fourth-order valence-electron chi connectivity index (χ4n) is 2.48. The summed E-state index contributed by atoms with van der Waals surface area (Å²) in [7, 11) is 1.60. The van der Waals surface area contributed by atoms with Gasteiger partial charge in [-0.2, -0.15) is 5.10 Å². The second-order valence-electron chi connectivity index (χ2n) is 5.10. The summed E-state index contributed by atoms with van der Waals surface area (Å²) in [6.45, 7) is 3.83. The quantitative estimate of drug-likeness (QED) is 0.676. The fraction of sp³-hybridized carbons (Fsp3) is 0.235. The lowest BCUT2D eigenvalue weighted by Gasteiger charge is -2.07. The van der Waals surface area contributed by atoms with Crippen molar-refractivity contribution < 1.29 is 14.3 Å². The number of aromatic nitrogens is 3. The number of nitrogens with zero attached hydrogens (tertiary/aromatic N) is 3. The molecule has 0 saturated heterocycles. The summed E-state index contributed by atoms with van der Waals surface area (Å²) in [5.74, 6) is 0.216. The molecular formula is C17H16ClN3O3. The monoisotopic (exact) mass is 345 g/mol. The lowest BCUT2D eigenvalue weighted by molar-refractivity contribution is 0.0526. The van der Waals surface area contributed by atoms with Gasteiger partial charge >= 0.3 is 5.97 Å². The lowest BCUT2D eigenvalue weighted by Crippen LogP contribution is -2.06. The molecule has 6 nitrogen and oxygen atoms in total. The van der Waals surface area contributed by atoms with Crippen molar-refractivity contribution in [3.05, 3.63) is 46.7 Å². The molecular weight excluding hydrogens is 330 g/mol. The molecule has 3 aromatic rings. The van der Waals surface area contributed by atoms with E-state index in [1.807, 2.05) is 31.2 Å². The van der Waals surface area contributed by atoms with E-state index >= 15 is 0 Å². The van der Waals surface area contributed by atoms with Crippen LogP contribution in [0.4, 0.5) is 0 Å². The van der Waals surface area contributed by atoms with Gasteiger partial charge < -0.3 is 9.47 Å². The van der Waals surface area contributed by atoms with Crippen LogP contribution >= 0.6 is 11.6 Å². The van der Waals surface area contributed by atoms with Crippen LogP contribution in [-0.4, -0.2) is 34.5 Å². The van der Waals surface area contributed by atoms with E-state index in [-0.39, 0.29) is 12.2 Å². The van der Waals surface area contributed by atoms with Gasteiger partial charge in [-0.25, -0.2) is 14.5 Å². The number of hydrogen-bond acceptors (Lipinski definition) is 5. The summed E-state index contributed by atoms with van der Waals surface area (Å²) in [5.41, 5.74) is 2.27. The zero-order valence-electron chi connectivity index (χ0n) is 13.5. The Morgan fingerprint density at radius 2 is 2.17 bits per heavy atom. The number of rotatable bonds is 4. The van der Waals surface area contributed by atoms with Crippen LogP contribution in [0.3, 0.4) is 0 Å². The van der Waals surface area contributed by atoms with E-state index in [1.54, 1.807) is 18.7 Å². The first kappa shape index (κ1) is 16.3. The van der Waals surface area contributed by atoms with Crippen molar-refractivity contribution in [1.29, 1.82) is 0 Å². The number of methoxy groups -OCH3 is 1. The second-order valence-corrected chi connectivity index (χ2v) is 5.48. The molecule has 124 valence electrons. The number of pyridine rings is 1. The van der Waals surface area contributed by atoms with Gasteiger partial charge in [0.05, 0.1) is 41.1 Å². The molecule has 0 amide bonds. The van der Waals surface area contributed by atoms with Crippen LogP contribution in [-0.2, 0) is 4.74 Å². The van der Waals surface area contributed by atoms with Gasteiger partial charge in [0.2, 0.25) is 0 Å². The van der Waals surface area contributed by atoms with Crippen LogP contribution in [0.25, 0.3) is 16.7 Å². The minimum atomic E-state index is -0.495. The van der Waals surface area contributed by atoms with Crippen molar-refractivity contribution in [2.45, 2.75) is 13.8 Å². The smallest absolute Gasteiger partial charge is 0.341 e. The van der Waals surface area contributed by atoms with Crippen molar-refractivity contribution in [2.24, 2.45) is 0 Å². The summed E-state index contributed by atoms with van der Waals surface area (Å²) in [6, 6.07) is 7.46. The Hall–Kier alpha value is -2.60. The third kappa shape index (κ3) is 2.69. The van der Waals surface area contributed by atoms with Gasteiger partial charge in [-0.15, -0.1) is 0 Å². The van der Waals surface area contributed by atoms with Gasteiger partial charge in [-0.05, 0) is 26.0 Å². The number of carbonyl (C=O) groups is 1. The van der Waals surface area contributed by atoms with Crippen LogP contribution in [0.2, 0.25) is 5.02 Å². The van der Waals surface area contributed by atoms with E-state index in [0.717, 1.165) is 5.69 Å². The van der Waals surface area contributed by atoms with E-state index < -0.39 is 5.97 Å². The molecule has 1 aromatic carbocycles. The first-order chi connectivity index (χ1) is 11.6. The number of esters is 1. The summed E-state index contributed by atoms with van der Waals surface area (Å²) >= 11 is 6.42. The summed E-state index contributed by atoms with van der Waals surface area (Å²) in [5, 5.41) is 5.43. The van der Waals surface area contributed by atoms with Gasteiger partial charge in [0.1, 0.15) is 5.75 Å². The number of fused-ring (bicyclic) bond motifs is 1. The SMILES string of the molecule is CCOC(=O)c1cnc2c(c(C)nn2-c2cccc(OC)c2)c1Cl. The first-order valence-electron chi connectivity index (χ1n) is 7.42. The molecule has 2 heterocycles. The molecule has 3 rings (SSSR count). The Balaban J connectivity index is 2.19. The maximum atomic E-state index is 12.0. The highest BCUT2D eigenvalue weighted by Crippen LogP contribution is 2.30. The van der Waals surface area contributed by atoms with Gasteiger partial charge in [0.15, 0.2) is 5.65 Å². The topological polar surface area (TPSA) is 66.2 Å². The first-order valence-corrected chi connectivity index (χ1v) is 7.80. The Morgan fingerprint density at radius 1 is 1.38 bits per heavy atom. The fourth-order valence-corrected chi connectivity index (χ4v) is 2.83. The predicted molar refractivity (Wildman–Crippen MR) is 91.1 cm³/mol. The van der Waals surface area contributed by atoms with Crippen molar-refractivity contribution in [3.63, 3.8) is 0 Å². The highest BCUT2D eigenvalue weighted by molar-refractivity contribution is 6.38. The van der Waals surface area contributed by atoms with E-state index in [9.17, 15) is 4.79 Å². The Labute approximate surface area is 144 Å². The summed E-state index contributed by atoms with van der Waals surface area (Å²) in [6.07, 6.45) is 1.42. The van der Waals surface area contributed by atoms with E-state index in [1.165, 1.54) is 6.20 Å². The summed E-state index contributed by atoms with van der Waals surface area (Å²) < 4.78 is 11.9. The Morgan fingerprint density at radius 3 is 2.88 bits per heavy atom. The molecule has 0 saturated carbocycles. The predicted octanol–water partition coefficient (Wildman–Crippen LogP) is 3.57. The van der Waals surface area contributed by atoms with Gasteiger partial charge in [0.25, 0.3) is 0 Å². The van der Waals surface area contributed by atoms with Gasteiger partial charge in [-0.1, -0.05) is 17.7 Å². The van der Waals surface area contributed by atoms with Crippen LogP contribution < -0.4 is 4.74 Å². The molecule has 0 unspecified atom stereocenters. The van der Waals surface area contributed by atoms with Crippen molar-refractivity contribution in [3.8, 4) is 11.4 Å². The molecule has 0 spiro atoms. The number of carbonyl (C=O) groups excluding carboxylic acids is 1. The van der Waals surface area contributed by atoms with Gasteiger partial charge in [-0.3, -0.25) is 0 Å². The maximum absolute atomic E-state index is 12.0. The standard InChI is InChI=1S/C17H16ClN3O3/c1-4-24-17(22)13-9-19-16-14(15(13)18)10(2)20-21(16)11-6-5-7-12(8-11)23-3/h5-9H,4H2,1-3H3.